The molecule has 0 saturated heterocycles. The summed E-state index contributed by atoms with van der Waals surface area (Å²) in [5, 5.41) is 11.8. The lowest BCUT2D eigenvalue weighted by atomic mass is 10.1. The zero-order valence-corrected chi connectivity index (χ0v) is 11.8. The van der Waals surface area contributed by atoms with E-state index in [4.69, 9.17) is 5.11 Å². The van der Waals surface area contributed by atoms with Crippen LogP contribution in [0.15, 0.2) is 16.7 Å². The average molecular weight is 303 g/mol. The second-order valence-electron chi connectivity index (χ2n) is 3.92. The fourth-order valence-corrected chi connectivity index (χ4v) is 2.18. The maximum atomic E-state index is 12.0. The number of aryl methyl sites for hydroxylation is 1. The van der Waals surface area contributed by atoms with E-state index < -0.39 is 0 Å². The second kappa shape index (κ2) is 6.81. The van der Waals surface area contributed by atoms with Crippen LogP contribution in [0.4, 0.5) is 0 Å². The highest BCUT2D eigenvalue weighted by Gasteiger charge is 2.15. The van der Waals surface area contributed by atoms with E-state index in [9.17, 15) is 4.79 Å². The van der Waals surface area contributed by atoms with E-state index in [-0.39, 0.29) is 18.6 Å². The van der Waals surface area contributed by atoms with Gasteiger partial charge in [-0.15, -0.1) is 0 Å². The Morgan fingerprint density at radius 3 is 2.82 bits per heavy atom. The first-order valence-electron chi connectivity index (χ1n) is 5.89. The number of carbonyl (C=O) groups is 1. The minimum Gasteiger partial charge on any atom is -0.396 e. The summed E-state index contributed by atoms with van der Waals surface area (Å²) in [4.78, 5) is 12.0. The molecule has 0 aromatic carbocycles. The Kier molecular flexibility index (Phi) is 5.71. The van der Waals surface area contributed by atoms with Crippen molar-refractivity contribution >= 4 is 21.8 Å². The molecule has 0 fully saturated rings. The Morgan fingerprint density at radius 2 is 2.29 bits per heavy atom. The lowest BCUT2D eigenvalue weighted by molar-refractivity contribution is 0.0920. The second-order valence-corrected chi connectivity index (χ2v) is 4.84. The molecule has 0 aliphatic heterocycles. The zero-order chi connectivity index (χ0) is 12.8. The molecule has 0 saturated carbocycles. The quantitative estimate of drug-likeness (QED) is 0.846. The van der Waals surface area contributed by atoms with Crippen molar-refractivity contribution in [3.63, 3.8) is 0 Å². The van der Waals surface area contributed by atoms with Crippen molar-refractivity contribution in [2.45, 2.75) is 39.3 Å². The van der Waals surface area contributed by atoms with Gasteiger partial charge in [0.25, 0.3) is 5.91 Å². The molecule has 0 aliphatic carbocycles. The van der Waals surface area contributed by atoms with Gasteiger partial charge in [0.05, 0.1) is 0 Å². The zero-order valence-electron chi connectivity index (χ0n) is 10.2. The van der Waals surface area contributed by atoms with Gasteiger partial charge in [-0.2, -0.15) is 0 Å². The van der Waals surface area contributed by atoms with E-state index in [2.05, 4.69) is 21.2 Å². The van der Waals surface area contributed by atoms with Crippen molar-refractivity contribution in [3.8, 4) is 0 Å². The first-order chi connectivity index (χ1) is 8.12. The average Bonchev–Trinajstić information content (AvgIpc) is 2.69. The smallest absolute Gasteiger partial charge is 0.268 e. The molecule has 5 heteroatoms. The summed E-state index contributed by atoms with van der Waals surface area (Å²) in [5.74, 6) is -0.0853. The van der Waals surface area contributed by atoms with E-state index in [1.807, 2.05) is 30.7 Å². The lowest BCUT2D eigenvalue weighted by Gasteiger charge is -2.16. The minimum absolute atomic E-state index is 0.0338. The monoisotopic (exact) mass is 302 g/mol. The van der Waals surface area contributed by atoms with Crippen LogP contribution in [-0.2, 0) is 6.54 Å². The van der Waals surface area contributed by atoms with Crippen molar-refractivity contribution in [1.82, 2.24) is 9.88 Å². The Hall–Kier alpha value is -0.810. The Labute approximate surface area is 110 Å². The van der Waals surface area contributed by atoms with Gasteiger partial charge < -0.3 is 15.0 Å². The third-order valence-electron chi connectivity index (χ3n) is 2.74. The number of hydrogen-bond acceptors (Lipinski definition) is 2. The van der Waals surface area contributed by atoms with Gasteiger partial charge in [-0.05, 0) is 41.8 Å². The van der Waals surface area contributed by atoms with E-state index >= 15 is 0 Å². The van der Waals surface area contributed by atoms with Crippen molar-refractivity contribution in [3.05, 3.63) is 22.4 Å². The first kappa shape index (κ1) is 14.3. The van der Waals surface area contributed by atoms with Crippen LogP contribution in [0.2, 0.25) is 0 Å². The van der Waals surface area contributed by atoms with Crippen LogP contribution in [0, 0.1) is 0 Å². The lowest BCUT2D eigenvalue weighted by Crippen LogP contribution is -2.36. The fraction of sp³-hybridized carbons (Fsp3) is 0.583. The van der Waals surface area contributed by atoms with Gasteiger partial charge in [-0.25, -0.2) is 0 Å². The van der Waals surface area contributed by atoms with Crippen LogP contribution < -0.4 is 5.32 Å². The van der Waals surface area contributed by atoms with E-state index in [0.717, 1.165) is 17.4 Å². The van der Waals surface area contributed by atoms with Crippen LogP contribution in [0.25, 0.3) is 0 Å². The fourth-order valence-electron chi connectivity index (χ4n) is 1.72. The third-order valence-corrected chi connectivity index (χ3v) is 3.18. The number of aromatic nitrogens is 1. The molecule has 1 aromatic heterocycles. The number of halogens is 1. The number of amides is 1. The minimum atomic E-state index is -0.0853. The third kappa shape index (κ3) is 3.85. The van der Waals surface area contributed by atoms with Gasteiger partial charge in [-0.1, -0.05) is 6.92 Å². The maximum Gasteiger partial charge on any atom is 0.268 e. The number of hydrogen-bond donors (Lipinski definition) is 2. The highest BCUT2D eigenvalue weighted by atomic mass is 79.9. The molecule has 96 valence electrons. The molecule has 4 nitrogen and oxygen atoms in total. The molecule has 1 aromatic rings. The molecule has 1 unspecified atom stereocenters. The Balaban J connectivity index is 2.74. The molecule has 2 N–H and O–H groups in total. The topological polar surface area (TPSA) is 54.3 Å². The summed E-state index contributed by atoms with van der Waals surface area (Å²) < 4.78 is 2.80. The molecule has 0 spiro atoms. The van der Waals surface area contributed by atoms with E-state index in [1.165, 1.54) is 0 Å². The highest BCUT2D eigenvalue weighted by molar-refractivity contribution is 9.10. The molecular weight excluding hydrogens is 284 g/mol. The Bertz CT molecular complexity index is 377. The predicted molar refractivity (Wildman–Crippen MR) is 71.1 cm³/mol. The van der Waals surface area contributed by atoms with Crippen LogP contribution in [0.1, 0.15) is 37.2 Å². The number of nitrogens with zero attached hydrogens (tertiary/aromatic N) is 1. The van der Waals surface area contributed by atoms with Crippen molar-refractivity contribution < 1.29 is 9.90 Å². The normalized spacial score (nSPS) is 12.5. The highest BCUT2D eigenvalue weighted by Crippen LogP contribution is 2.15. The van der Waals surface area contributed by atoms with Gasteiger partial charge in [0.15, 0.2) is 0 Å². The summed E-state index contributed by atoms with van der Waals surface area (Å²) >= 11 is 3.37. The molecule has 17 heavy (non-hydrogen) atoms. The summed E-state index contributed by atoms with van der Waals surface area (Å²) in [6, 6.07) is 1.84. The SMILES string of the molecule is CCC(CCO)NC(=O)c1cc(Br)cn1CC. The van der Waals surface area contributed by atoms with Gasteiger partial charge in [-0.3, -0.25) is 4.79 Å². The van der Waals surface area contributed by atoms with E-state index in [1.54, 1.807) is 0 Å². The van der Waals surface area contributed by atoms with Crippen LogP contribution in [0.5, 0.6) is 0 Å². The number of aliphatic hydroxyl groups excluding tert-OH is 1. The number of nitrogens with one attached hydrogen (secondary N) is 1. The van der Waals surface area contributed by atoms with Gasteiger partial charge in [0.2, 0.25) is 0 Å². The molecule has 1 rings (SSSR count). The summed E-state index contributed by atoms with van der Waals surface area (Å²) in [7, 11) is 0. The van der Waals surface area contributed by atoms with Gasteiger partial charge >= 0.3 is 0 Å². The van der Waals surface area contributed by atoms with Gasteiger partial charge in [0.1, 0.15) is 5.69 Å². The number of aliphatic hydroxyl groups is 1. The molecule has 1 amide bonds. The summed E-state index contributed by atoms with van der Waals surface area (Å²) in [5.41, 5.74) is 0.649. The standard InChI is InChI=1S/C12H19BrN2O2/c1-3-10(5-6-16)14-12(17)11-7-9(13)8-15(11)4-2/h7-8,10,16H,3-6H2,1-2H3,(H,14,17). The molecule has 1 heterocycles. The number of rotatable bonds is 6. The predicted octanol–water partition coefficient (Wildman–Crippen LogP) is 2.16. The van der Waals surface area contributed by atoms with Crippen LogP contribution in [0.3, 0.4) is 0 Å². The Morgan fingerprint density at radius 1 is 1.59 bits per heavy atom. The summed E-state index contributed by atoms with van der Waals surface area (Å²) in [6.45, 7) is 4.84. The summed E-state index contributed by atoms with van der Waals surface area (Å²) in [6.07, 6.45) is 3.30. The molecule has 0 radical (unpaired) electrons. The molecule has 0 aliphatic rings. The molecule has 0 bridgehead atoms. The largest absolute Gasteiger partial charge is 0.396 e. The number of carbonyl (C=O) groups excluding carboxylic acids is 1. The molecular formula is C12H19BrN2O2. The molecule has 1 atom stereocenters. The van der Waals surface area contributed by atoms with Crippen LogP contribution >= 0.6 is 15.9 Å². The van der Waals surface area contributed by atoms with Crippen molar-refractivity contribution in [2.75, 3.05) is 6.61 Å². The van der Waals surface area contributed by atoms with Crippen molar-refractivity contribution in [1.29, 1.82) is 0 Å². The van der Waals surface area contributed by atoms with Crippen molar-refractivity contribution in [2.24, 2.45) is 0 Å². The first-order valence-corrected chi connectivity index (χ1v) is 6.69. The van der Waals surface area contributed by atoms with Crippen LogP contribution in [-0.4, -0.2) is 28.2 Å². The van der Waals surface area contributed by atoms with Gasteiger partial charge in [0, 0.05) is 29.9 Å². The van der Waals surface area contributed by atoms with E-state index in [0.29, 0.717) is 12.1 Å². The maximum absolute atomic E-state index is 12.0.